The van der Waals surface area contributed by atoms with Gasteiger partial charge >= 0.3 is 6.09 Å². The summed E-state index contributed by atoms with van der Waals surface area (Å²) in [6.45, 7) is 8.54. The molecule has 1 saturated heterocycles. The summed E-state index contributed by atoms with van der Waals surface area (Å²) in [5.74, 6) is 2.47. The van der Waals surface area contributed by atoms with E-state index in [1.807, 2.05) is 32.5 Å². The van der Waals surface area contributed by atoms with Gasteiger partial charge in [-0.05, 0) is 45.8 Å². The van der Waals surface area contributed by atoms with E-state index in [0.29, 0.717) is 6.04 Å². The van der Waals surface area contributed by atoms with Crippen LogP contribution in [0.1, 0.15) is 47.0 Å². The van der Waals surface area contributed by atoms with Gasteiger partial charge < -0.3 is 15.4 Å². The second-order valence-electron chi connectivity index (χ2n) is 6.07. The third-order valence-corrected chi connectivity index (χ3v) is 4.24. The number of thioether (sulfide) groups is 1. The molecule has 0 aromatic heterocycles. The van der Waals surface area contributed by atoms with E-state index in [0.717, 1.165) is 13.0 Å². The van der Waals surface area contributed by atoms with Crippen LogP contribution in [-0.2, 0) is 4.74 Å². The van der Waals surface area contributed by atoms with Crippen molar-refractivity contribution in [3.05, 3.63) is 0 Å². The summed E-state index contributed by atoms with van der Waals surface area (Å²) < 4.78 is 5.28. The molecule has 0 aromatic carbocycles. The molecule has 5 heteroatoms. The Morgan fingerprint density at radius 2 is 2.21 bits per heavy atom. The highest BCUT2D eigenvalue weighted by molar-refractivity contribution is 7.99. The number of carbonyl (C=O) groups is 1. The second-order valence-corrected chi connectivity index (χ2v) is 7.22. The number of hydrogen-bond donors (Lipinski definition) is 2. The van der Waals surface area contributed by atoms with E-state index in [9.17, 15) is 4.79 Å². The van der Waals surface area contributed by atoms with Crippen LogP contribution in [0.15, 0.2) is 0 Å². The van der Waals surface area contributed by atoms with Crippen LogP contribution in [-0.4, -0.2) is 41.8 Å². The first-order valence-electron chi connectivity index (χ1n) is 7.21. The second kappa shape index (κ2) is 8.00. The molecular weight excluding hydrogens is 260 g/mol. The Bertz CT molecular complexity index is 273. The maximum absolute atomic E-state index is 11.7. The lowest BCUT2D eigenvalue weighted by Gasteiger charge is -2.27. The van der Waals surface area contributed by atoms with E-state index >= 15 is 0 Å². The van der Waals surface area contributed by atoms with Crippen molar-refractivity contribution >= 4 is 17.9 Å². The molecule has 0 bridgehead atoms. The molecule has 2 unspecified atom stereocenters. The van der Waals surface area contributed by atoms with Gasteiger partial charge in [-0.2, -0.15) is 11.8 Å². The Morgan fingerprint density at radius 3 is 2.74 bits per heavy atom. The quantitative estimate of drug-likeness (QED) is 0.817. The van der Waals surface area contributed by atoms with Gasteiger partial charge in [0.2, 0.25) is 0 Å². The van der Waals surface area contributed by atoms with Crippen LogP contribution in [0.4, 0.5) is 4.79 Å². The number of rotatable bonds is 5. The van der Waals surface area contributed by atoms with Crippen LogP contribution in [0.25, 0.3) is 0 Å². The van der Waals surface area contributed by atoms with Crippen molar-refractivity contribution in [1.82, 2.24) is 10.6 Å². The molecule has 1 fully saturated rings. The third-order valence-electron chi connectivity index (χ3n) is 3.03. The van der Waals surface area contributed by atoms with Crippen LogP contribution in [0.3, 0.4) is 0 Å². The van der Waals surface area contributed by atoms with Crippen LogP contribution in [0.5, 0.6) is 0 Å². The molecule has 112 valence electrons. The summed E-state index contributed by atoms with van der Waals surface area (Å²) in [4.78, 5) is 11.7. The van der Waals surface area contributed by atoms with Crippen LogP contribution in [0, 0.1) is 0 Å². The molecule has 0 spiro atoms. The van der Waals surface area contributed by atoms with Crippen molar-refractivity contribution < 1.29 is 9.53 Å². The topological polar surface area (TPSA) is 50.4 Å². The highest BCUT2D eigenvalue weighted by atomic mass is 32.2. The minimum Gasteiger partial charge on any atom is -0.444 e. The average molecular weight is 288 g/mol. The zero-order valence-electron chi connectivity index (χ0n) is 12.6. The lowest BCUT2D eigenvalue weighted by Crippen LogP contribution is -2.47. The molecule has 1 heterocycles. The number of carbonyl (C=O) groups excluding carboxylic acids is 1. The fourth-order valence-corrected chi connectivity index (χ4v) is 3.09. The Kier molecular flexibility index (Phi) is 7.00. The summed E-state index contributed by atoms with van der Waals surface area (Å²) in [5, 5.41) is 6.48. The van der Waals surface area contributed by atoms with Crippen molar-refractivity contribution in [2.75, 3.05) is 18.1 Å². The van der Waals surface area contributed by atoms with Gasteiger partial charge in [0.05, 0.1) is 0 Å². The lowest BCUT2D eigenvalue weighted by atomic mass is 10.1. The molecule has 0 aliphatic carbocycles. The summed E-state index contributed by atoms with van der Waals surface area (Å²) in [7, 11) is 0. The predicted octanol–water partition coefficient (Wildman–Crippen LogP) is 2.77. The molecule has 0 radical (unpaired) electrons. The standard InChI is InChI=1S/C14H28N2O2S/c1-5-11(16-13(17)18-14(2,3)4)9-15-12-7-6-8-19-10-12/h11-12,15H,5-10H2,1-4H3,(H,16,17). The van der Waals surface area contributed by atoms with Crippen molar-refractivity contribution in [3.8, 4) is 0 Å². The van der Waals surface area contributed by atoms with Crippen molar-refractivity contribution in [2.24, 2.45) is 0 Å². The monoisotopic (exact) mass is 288 g/mol. The summed E-state index contributed by atoms with van der Waals surface area (Å²) in [6, 6.07) is 0.731. The van der Waals surface area contributed by atoms with Crippen LogP contribution in [0.2, 0.25) is 0 Å². The Morgan fingerprint density at radius 1 is 1.47 bits per heavy atom. The van der Waals surface area contributed by atoms with E-state index in [4.69, 9.17) is 4.74 Å². The molecule has 1 aliphatic rings. The van der Waals surface area contributed by atoms with Gasteiger partial charge in [0.15, 0.2) is 0 Å². The van der Waals surface area contributed by atoms with Gasteiger partial charge in [-0.1, -0.05) is 6.92 Å². The zero-order chi connectivity index (χ0) is 14.3. The van der Waals surface area contributed by atoms with E-state index in [1.165, 1.54) is 24.3 Å². The highest BCUT2D eigenvalue weighted by Crippen LogP contribution is 2.16. The smallest absolute Gasteiger partial charge is 0.407 e. The molecule has 0 aromatic rings. The number of amides is 1. The van der Waals surface area contributed by atoms with Crippen LogP contribution >= 0.6 is 11.8 Å². The number of ether oxygens (including phenoxy) is 1. The predicted molar refractivity (Wildman–Crippen MR) is 81.8 cm³/mol. The Labute approximate surface area is 121 Å². The van der Waals surface area contributed by atoms with Gasteiger partial charge in [0, 0.05) is 24.4 Å². The minimum atomic E-state index is -0.435. The molecule has 1 amide bonds. The van der Waals surface area contributed by atoms with E-state index in [-0.39, 0.29) is 12.1 Å². The SMILES string of the molecule is CCC(CNC1CCCSC1)NC(=O)OC(C)(C)C. The van der Waals surface area contributed by atoms with Crippen LogP contribution < -0.4 is 10.6 Å². The summed E-state index contributed by atoms with van der Waals surface area (Å²) in [6.07, 6.45) is 3.12. The molecule has 0 saturated carbocycles. The fourth-order valence-electron chi connectivity index (χ4n) is 1.98. The molecule has 1 rings (SSSR count). The fraction of sp³-hybridized carbons (Fsp3) is 0.929. The largest absolute Gasteiger partial charge is 0.444 e. The molecule has 2 atom stereocenters. The van der Waals surface area contributed by atoms with Crippen molar-refractivity contribution in [2.45, 2.75) is 64.6 Å². The van der Waals surface area contributed by atoms with Crippen molar-refractivity contribution in [1.29, 1.82) is 0 Å². The number of alkyl carbamates (subject to hydrolysis) is 1. The average Bonchev–Trinajstić information content (AvgIpc) is 2.33. The molecule has 2 N–H and O–H groups in total. The van der Waals surface area contributed by atoms with E-state index in [1.54, 1.807) is 0 Å². The Balaban J connectivity index is 2.26. The van der Waals surface area contributed by atoms with Gasteiger partial charge in [-0.25, -0.2) is 4.79 Å². The molecule has 4 nitrogen and oxygen atoms in total. The minimum absolute atomic E-state index is 0.141. The molecular formula is C14H28N2O2S. The zero-order valence-corrected chi connectivity index (χ0v) is 13.4. The van der Waals surface area contributed by atoms with E-state index in [2.05, 4.69) is 17.6 Å². The van der Waals surface area contributed by atoms with Gasteiger partial charge in [0.1, 0.15) is 5.60 Å². The van der Waals surface area contributed by atoms with Gasteiger partial charge in [-0.3, -0.25) is 0 Å². The normalized spacial score (nSPS) is 21.8. The lowest BCUT2D eigenvalue weighted by molar-refractivity contribution is 0.0502. The first-order valence-corrected chi connectivity index (χ1v) is 8.37. The summed E-state index contributed by atoms with van der Waals surface area (Å²) in [5.41, 5.74) is -0.435. The molecule has 1 aliphatic heterocycles. The number of hydrogen-bond acceptors (Lipinski definition) is 4. The van der Waals surface area contributed by atoms with Gasteiger partial charge in [-0.15, -0.1) is 0 Å². The van der Waals surface area contributed by atoms with E-state index < -0.39 is 5.60 Å². The maximum Gasteiger partial charge on any atom is 0.407 e. The third kappa shape index (κ3) is 7.67. The molecule has 19 heavy (non-hydrogen) atoms. The number of nitrogens with one attached hydrogen (secondary N) is 2. The highest BCUT2D eigenvalue weighted by Gasteiger charge is 2.20. The summed E-state index contributed by atoms with van der Waals surface area (Å²) >= 11 is 2.01. The maximum atomic E-state index is 11.7. The van der Waals surface area contributed by atoms with Gasteiger partial charge in [0.25, 0.3) is 0 Å². The Hall–Kier alpha value is -0.420. The van der Waals surface area contributed by atoms with Crippen molar-refractivity contribution in [3.63, 3.8) is 0 Å². The first-order chi connectivity index (χ1) is 8.90. The first kappa shape index (κ1) is 16.6.